The van der Waals surface area contributed by atoms with Gasteiger partial charge in [-0.15, -0.1) is 5.10 Å². The zero-order chi connectivity index (χ0) is 12.4. The van der Waals surface area contributed by atoms with Crippen molar-refractivity contribution in [2.75, 3.05) is 0 Å². The average Bonchev–Trinajstić information content (AvgIpc) is 2.81. The van der Waals surface area contributed by atoms with Gasteiger partial charge in [0.1, 0.15) is 5.69 Å². The summed E-state index contributed by atoms with van der Waals surface area (Å²) in [6.07, 6.45) is 1.74. The molecule has 1 atom stereocenters. The van der Waals surface area contributed by atoms with E-state index in [1.54, 1.807) is 16.9 Å². The molecular weight excluding hydrogens is 305 g/mol. The average molecular weight is 317 g/mol. The third-order valence-corrected chi connectivity index (χ3v) is 3.64. The molecule has 2 rings (SSSR count). The SMILES string of the molecule is CCC(O)c1cn(-c2ccc(Br)c(Cl)c2)nn1. The van der Waals surface area contributed by atoms with Gasteiger partial charge in [0.25, 0.3) is 0 Å². The first-order valence-corrected chi connectivity index (χ1v) is 6.34. The quantitative estimate of drug-likeness (QED) is 0.946. The number of hydrogen-bond donors (Lipinski definition) is 1. The Labute approximate surface area is 112 Å². The highest BCUT2D eigenvalue weighted by Gasteiger charge is 2.10. The topological polar surface area (TPSA) is 50.9 Å². The molecule has 17 heavy (non-hydrogen) atoms. The zero-order valence-electron chi connectivity index (χ0n) is 9.14. The Morgan fingerprint density at radius 2 is 2.29 bits per heavy atom. The maximum Gasteiger partial charge on any atom is 0.112 e. The predicted molar refractivity (Wildman–Crippen MR) is 69.3 cm³/mol. The summed E-state index contributed by atoms with van der Waals surface area (Å²) in [6.45, 7) is 1.89. The highest BCUT2D eigenvalue weighted by Crippen LogP contribution is 2.25. The Morgan fingerprint density at radius 3 is 2.94 bits per heavy atom. The van der Waals surface area contributed by atoms with E-state index in [0.717, 1.165) is 10.2 Å². The van der Waals surface area contributed by atoms with Crippen molar-refractivity contribution >= 4 is 27.5 Å². The van der Waals surface area contributed by atoms with E-state index in [0.29, 0.717) is 17.1 Å². The lowest BCUT2D eigenvalue weighted by Gasteiger charge is -2.02. The van der Waals surface area contributed by atoms with Crippen LogP contribution >= 0.6 is 27.5 Å². The first-order valence-electron chi connectivity index (χ1n) is 5.17. The van der Waals surface area contributed by atoms with Gasteiger partial charge >= 0.3 is 0 Å². The van der Waals surface area contributed by atoms with Crippen LogP contribution in [-0.4, -0.2) is 20.1 Å². The third-order valence-electron chi connectivity index (χ3n) is 2.41. The fourth-order valence-corrected chi connectivity index (χ4v) is 1.81. The van der Waals surface area contributed by atoms with Crippen LogP contribution in [-0.2, 0) is 0 Å². The molecule has 1 aromatic heterocycles. The van der Waals surface area contributed by atoms with Crippen LogP contribution in [0, 0.1) is 0 Å². The Balaban J connectivity index is 2.33. The molecule has 90 valence electrons. The number of nitrogens with zero attached hydrogens (tertiary/aromatic N) is 3. The maximum absolute atomic E-state index is 9.64. The van der Waals surface area contributed by atoms with Crippen molar-refractivity contribution in [1.82, 2.24) is 15.0 Å². The van der Waals surface area contributed by atoms with Crippen LogP contribution in [0.1, 0.15) is 25.1 Å². The first kappa shape index (κ1) is 12.5. The third kappa shape index (κ3) is 2.68. The molecule has 0 aliphatic rings. The molecule has 0 spiro atoms. The number of aliphatic hydroxyl groups is 1. The van der Waals surface area contributed by atoms with E-state index < -0.39 is 6.10 Å². The molecule has 0 saturated heterocycles. The number of rotatable bonds is 3. The Hall–Kier alpha value is -0.910. The van der Waals surface area contributed by atoms with Crippen molar-refractivity contribution in [3.05, 3.63) is 39.6 Å². The van der Waals surface area contributed by atoms with Gasteiger partial charge in [-0.2, -0.15) is 0 Å². The summed E-state index contributed by atoms with van der Waals surface area (Å²) >= 11 is 9.33. The summed E-state index contributed by atoms with van der Waals surface area (Å²) in [7, 11) is 0. The van der Waals surface area contributed by atoms with Gasteiger partial charge < -0.3 is 5.11 Å². The minimum atomic E-state index is -0.574. The molecule has 0 fully saturated rings. The van der Waals surface area contributed by atoms with Crippen molar-refractivity contribution in [1.29, 1.82) is 0 Å². The number of benzene rings is 1. The summed E-state index contributed by atoms with van der Waals surface area (Å²) in [5.41, 5.74) is 1.37. The normalized spacial score (nSPS) is 12.7. The molecule has 1 aromatic carbocycles. The van der Waals surface area contributed by atoms with E-state index in [9.17, 15) is 5.11 Å². The molecule has 0 bridgehead atoms. The van der Waals surface area contributed by atoms with Crippen LogP contribution in [0.25, 0.3) is 5.69 Å². The molecule has 1 heterocycles. The minimum absolute atomic E-state index is 0.562. The second-order valence-electron chi connectivity index (χ2n) is 3.61. The van der Waals surface area contributed by atoms with Crippen LogP contribution in [0.5, 0.6) is 0 Å². The summed E-state index contributed by atoms with van der Waals surface area (Å²) in [5.74, 6) is 0. The van der Waals surface area contributed by atoms with E-state index in [1.165, 1.54) is 0 Å². The van der Waals surface area contributed by atoms with Crippen LogP contribution in [0.4, 0.5) is 0 Å². The van der Waals surface area contributed by atoms with E-state index in [2.05, 4.69) is 26.2 Å². The number of aromatic nitrogens is 3. The highest BCUT2D eigenvalue weighted by atomic mass is 79.9. The fraction of sp³-hybridized carbons (Fsp3) is 0.273. The van der Waals surface area contributed by atoms with Gasteiger partial charge in [-0.25, -0.2) is 4.68 Å². The number of hydrogen-bond acceptors (Lipinski definition) is 3. The van der Waals surface area contributed by atoms with Crippen LogP contribution < -0.4 is 0 Å². The molecule has 0 radical (unpaired) electrons. The van der Waals surface area contributed by atoms with Gasteiger partial charge in [-0.3, -0.25) is 0 Å². The Kier molecular flexibility index (Phi) is 3.81. The molecule has 0 aliphatic carbocycles. The van der Waals surface area contributed by atoms with Crippen LogP contribution in [0.15, 0.2) is 28.9 Å². The molecule has 4 nitrogen and oxygen atoms in total. The van der Waals surface area contributed by atoms with Gasteiger partial charge in [-0.05, 0) is 40.5 Å². The molecule has 6 heteroatoms. The van der Waals surface area contributed by atoms with Gasteiger partial charge in [0, 0.05) is 4.47 Å². The van der Waals surface area contributed by atoms with Gasteiger partial charge in [0.15, 0.2) is 0 Å². The second kappa shape index (κ2) is 5.16. The van der Waals surface area contributed by atoms with E-state index in [4.69, 9.17) is 11.6 Å². The lowest BCUT2D eigenvalue weighted by atomic mass is 10.2. The van der Waals surface area contributed by atoms with Crippen molar-refractivity contribution in [3.63, 3.8) is 0 Å². The Morgan fingerprint density at radius 1 is 1.53 bits per heavy atom. The van der Waals surface area contributed by atoms with E-state index in [-0.39, 0.29) is 0 Å². The van der Waals surface area contributed by atoms with Gasteiger partial charge in [0.2, 0.25) is 0 Å². The zero-order valence-corrected chi connectivity index (χ0v) is 11.5. The monoisotopic (exact) mass is 315 g/mol. The van der Waals surface area contributed by atoms with E-state index >= 15 is 0 Å². The summed E-state index contributed by atoms with van der Waals surface area (Å²) in [4.78, 5) is 0. The first-order chi connectivity index (χ1) is 8.11. The largest absolute Gasteiger partial charge is 0.387 e. The molecule has 0 saturated carbocycles. The fourth-order valence-electron chi connectivity index (χ4n) is 1.39. The van der Waals surface area contributed by atoms with Crippen molar-refractivity contribution in [2.45, 2.75) is 19.4 Å². The highest BCUT2D eigenvalue weighted by molar-refractivity contribution is 9.10. The predicted octanol–water partition coefficient (Wildman–Crippen LogP) is 3.13. The van der Waals surface area contributed by atoms with Crippen molar-refractivity contribution in [2.24, 2.45) is 0 Å². The van der Waals surface area contributed by atoms with E-state index in [1.807, 2.05) is 19.1 Å². The number of halogens is 2. The van der Waals surface area contributed by atoms with Gasteiger partial charge in [0.05, 0.1) is 23.0 Å². The molecule has 0 aliphatic heterocycles. The molecule has 0 amide bonds. The lowest BCUT2D eigenvalue weighted by Crippen LogP contribution is -1.95. The number of aliphatic hydroxyl groups excluding tert-OH is 1. The minimum Gasteiger partial charge on any atom is -0.387 e. The Bertz CT molecular complexity index is 529. The summed E-state index contributed by atoms with van der Waals surface area (Å²) in [6, 6.07) is 5.49. The summed E-state index contributed by atoms with van der Waals surface area (Å²) in [5, 5.41) is 18.1. The van der Waals surface area contributed by atoms with Gasteiger partial charge in [-0.1, -0.05) is 23.7 Å². The lowest BCUT2D eigenvalue weighted by molar-refractivity contribution is 0.169. The smallest absolute Gasteiger partial charge is 0.112 e. The van der Waals surface area contributed by atoms with Crippen LogP contribution in [0.2, 0.25) is 5.02 Å². The van der Waals surface area contributed by atoms with Crippen LogP contribution in [0.3, 0.4) is 0 Å². The molecular formula is C11H11BrClN3O. The van der Waals surface area contributed by atoms with Crippen molar-refractivity contribution < 1.29 is 5.11 Å². The molecule has 1 N–H and O–H groups in total. The molecule has 2 aromatic rings. The second-order valence-corrected chi connectivity index (χ2v) is 4.87. The maximum atomic E-state index is 9.64. The summed E-state index contributed by atoms with van der Waals surface area (Å²) < 4.78 is 2.42. The standard InChI is InChI=1S/C11H11BrClN3O/c1-2-11(17)10-6-16(15-14-10)7-3-4-8(12)9(13)5-7/h3-6,11,17H,2H2,1H3. The molecule has 1 unspecified atom stereocenters. The van der Waals surface area contributed by atoms with Crippen molar-refractivity contribution in [3.8, 4) is 5.69 Å².